The number of aromatic nitrogens is 2. The zero-order valence-corrected chi connectivity index (χ0v) is 44.0. The van der Waals surface area contributed by atoms with Gasteiger partial charge in [0.2, 0.25) is 0 Å². The standard InChI is InChI=1S/C50H83N3O17P2/c1-3-5-7-8-9-10-11-12-13-14-15-16-20-23-27-33-46(57)68-42(37-65-45(56)34-28-32-41(55)31-26-22-19-17-18-21-25-30-40(54)29-24-6-4-2)38-66-71(61,62)70-72(63,64)67-39-43-47(58)48(59)49(69-43)53-36-35-44(51)52-50(53)60/h12-13,18-19,21-22,25-26,30-31,35-36,40-43,47-49,54-55,58-59H,3-11,14-17,20,23-24,27-29,32-34,37-39H2,1-2H3,(H,61,62)(H,63,64)(H2,51,52,60)/b13-12-,21-18-,22-19-,30-25+,31-26+/t40-,41-,42+,43+,47+,48+,49+/m0/s1. The minimum Gasteiger partial charge on any atom is -0.462 e. The highest BCUT2D eigenvalue weighted by atomic mass is 31.3. The Morgan fingerprint density at radius 2 is 1.29 bits per heavy atom. The minimum absolute atomic E-state index is 0.0113. The number of hydrogen-bond donors (Lipinski definition) is 7. The third kappa shape index (κ3) is 30.5. The number of allylic oxidation sites excluding steroid dienone is 8. The Hall–Kier alpha value is -3.62. The summed E-state index contributed by atoms with van der Waals surface area (Å²) >= 11 is 0. The number of aliphatic hydroxyl groups excluding tert-OH is 4. The number of nitrogens with two attached hydrogens (primary N) is 1. The number of aliphatic hydroxyl groups is 4. The normalized spacial score (nSPS) is 20.4. The SMILES string of the molecule is CCCCCCCC/C=C\CCCCCCCC(=O)O[C@H](COC(=O)CCC[C@@H](O)/C=C/C=C\C/C=C\C=C\[C@@H](O)CCCCC)COP(=O)(O)OP(=O)(O)OC[C@H]1O[C@@H](n2ccc(N)nc2=O)[C@H](O)[C@@H]1O. The van der Waals surface area contributed by atoms with Crippen LogP contribution in [0.3, 0.4) is 0 Å². The monoisotopic (exact) mass is 1060 g/mol. The summed E-state index contributed by atoms with van der Waals surface area (Å²) in [6.45, 7) is 1.81. The van der Waals surface area contributed by atoms with Crippen LogP contribution in [-0.2, 0) is 46.3 Å². The summed E-state index contributed by atoms with van der Waals surface area (Å²) < 4.78 is 56.6. The first-order chi connectivity index (χ1) is 34.5. The second-order valence-corrected chi connectivity index (χ2v) is 20.8. The first kappa shape index (κ1) is 64.5. The van der Waals surface area contributed by atoms with Gasteiger partial charge in [-0.2, -0.15) is 9.29 Å². The number of nitrogens with zero attached hydrogens (tertiary/aromatic N) is 2. The number of nitrogen functional groups attached to an aromatic ring is 1. The number of anilines is 1. The molecule has 20 nitrogen and oxygen atoms in total. The maximum atomic E-state index is 12.9. The summed E-state index contributed by atoms with van der Waals surface area (Å²) in [4.78, 5) is 61.9. The van der Waals surface area contributed by atoms with E-state index in [1.807, 2.05) is 24.3 Å². The zero-order chi connectivity index (χ0) is 53.0. The third-order valence-electron chi connectivity index (χ3n) is 11.3. The molecule has 1 aromatic rings. The number of carbonyl (C=O) groups excluding carboxylic acids is 2. The number of unbranched alkanes of at least 4 members (excludes halogenated alkanes) is 13. The molecule has 1 aliphatic rings. The highest BCUT2D eigenvalue weighted by molar-refractivity contribution is 7.61. The lowest BCUT2D eigenvalue weighted by atomic mass is 10.1. The number of phosphoric ester groups is 2. The molecule has 410 valence electrons. The molecule has 9 atom stereocenters. The van der Waals surface area contributed by atoms with Gasteiger partial charge in [-0.05, 0) is 63.9 Å². The number of ether oxygens (including phenoxy) is 3. The Labute approximate surface area is 425 Å². The Bertz CT molecular complexity index is 1980. The summed E-state index contributed by atoms with van der Waals surface area (Å²) in [6.07, 6.45) is 29.4. The predicted molar refractivity (Wildman–Crippen MR) is 273 cm³/mol. The molecule has 8 N–H and O–H groups in total. The lowest BCUT2D eigenvalue weighted by Gasteiger charge is -2.21. The van der Waals surface area contributed by atoms with Gasteiger partial charge in [-0.15, -0.1) is 0 Å². The van der Waals surface area contributed by atoms with Crippen molar-refractivity contribution < 1.29 is 76.5 Å². The van der Waals surface area contributed by atoms with Gasteiger partial charge in [-0.25, -0.2) is 13.9 Å². The van der Waals surface area contributed by atoms with E-state index in [2.05, 4.69) is 35.3 Å². The molecule has 0 aliphatic carbocycles. The molecule has 1 aromatic heterocycles. The average molecular weight is 1060 g/mol. The zero-order valence-electron chi connectivity index (χ0n) is 42.2. The maximum Gasteiger partial charge on any atom is 0.481 e. The van der Waals surface area contributed by atoms with E-state index in [9.17, 15) is 53.7 Å². The van der Waals surface area contributed by atoms with Crippen LogP contribution >= 0.6 is 15.6 Å². The molecular weight excluding hydrogens is 977 g/mol. The van der Waals surface area contributed by atoms with Crippen molar-refractivity contribution in [3.05, 3.63) is 83.5 Å². The topological polar surface area (TPSA) is 306 Å². The molecule has 0 amide bonds. The minimum atomic E-state index is -5.48. The lowest BCUT2D eigenvalue weighted by Crippen LogP contribution is -2.36. The molecule has 0 bridgehead atoms. The van der Waals surface area contributed by atoms with Crippen LogP contribution in [0.5, 0.6) is 0 Å². The van der Waals surface area contributed by atoms with E-state index in [0.29, 0.717) is 12.8 Å². The van der Waals surface area contributed by atoms with Crippen LogP contribution in [0, 0.1) is 0 Å². The van der Waals surface area contributed by atoms with Gasteiger partial charge in [0.1, 0.15) is 30.7 Å². The van der Waals surface area contributed by atoms with Crippen molar-refractivity contribution in [2.45, 2.75) is 198 Å². The van der Waals surface area contributed by atoms with Crippen molar-refractivity contribution in [3.8, 4) is 0 Å². The number of esters is 2. The number of phosphoric acid groups is 2. The number of carbonyl (C=O) groups is 2. The average Bonchev–Trinajstić information content (AvgIpc) is 3.60. The summed E-state index contributed by atoms with van der Waals surface area (Å²) in [6, 6.07) is 1.23. The van der Waals surface area contributed by atoms with Gasteiger partial charge in [0.05, 0.1) is 25.4 Å². The fraction of sp³-hybridized carbons (Fsp3) is 0.680. The quantitative estimate of drug-likeness (QED) is 0.0107. The van der Waals surface area contributed by atoms with Gasteiger partial charge in [-0.1, -0.05) is 145 Å². The maximum absolute atomic E-state index is 12.9. The summed E-state index contributed by atoms with van der Waals surface area (Å²) in [5.74, 6) is -1.55. The first-order valence-corrected chi connectivity index (χ1v) is 28.5. The van der Waals surface area contributed by atoms with E-state index in [-0.39, 0.29) is 31.5 Å². The molecule has 1 aliphatic heterocycles. The summed E-state index contributed by atoms with van der Waals surface area (Å²) in [5.41, 5.74) is 4.56. The van der Waals surface area contributed by atoms with Crippen molar-refractivity contribution >= 4 is 33.4 Å². The van der Waals surface area contributed by atoms with E-state index in [0.717, 1.165) is 75.0 Å². The Kier molecular flexibility index (Phi) is 34.0. The number of hydrogen-bond acceptors (Lipinski definition) is 17. The van der Waals surface area contributed by atoms with E-state index in [1.54, 1.807) is 24.3 Å². The Morgan fingerprint density at radius 1 is 0.736 bits per heavy atom. The largest absolute Gasteiger partial charge is 0.481 e. The second-order valence-electron chi connectivity index (χ2n) is 17.7. The molecule has 0 radical (unpaired) electrons. The highest BCUT2D eigenvalue weighted by Crippen LogP contribution is 2.60. The van der Waals surface area contributed by atoms with Crippen LogP contribution in [0.2, 0.25) is 0 Å². The molecule has 1 fully saturated rings. The van der Waals surface area contributed by atoms with E-state index in [4.69, 9.17) is 29.0 Å². The van der Waals surface area contributed by atoms with E-state index < -0.39 is 95.9 Å². The van der Waals surface area contributed by atoms with Crippen LogP contribution in [0.25, 0.3) is 0 Å². The summed E-state index contributed by atoms with van der Waals surface area (Å²) in [5, 5.41) is 41.2. The molecule has 22 heteroatoms. The van der Waals surface area contributed by atoms with Crippen molar-refractivity contribution in [2.24, 2.45) is 0 Å². The van der Waals surface area contributed by atoms with Crippen LogP contribution in [0.15, 0.2) is 77.8 Å². The molecule has 2 rings (SSSR count). The molecule has 0 aromatic carbocycles. The number of rotatable bonds is 41. The van der Waals surface area contributed by atoms with Crippen LogP contribution in [0.4, 0.5) is 5.82 Å². The Balaban J connectivity index is 1.87. The van der Waals surface area contributed by atoms with Crippen molar-refractivity contribution in [3.63, 3.8) is 0 Å². The Morgan fingerprint density at radius 3 is 1.92 bits per heavy atom. The predicted octanol–water partition coefficient (Wildman–Crippen LogP) is 8.28. The lowest BCUT2D eigenvalue weighted by molar-refractivity contribution is -0.161. The fourth-order valence-corrected chi connectivity index (χ4v) is 9.34. The molecule has 2 heterocycles. The van der Waals surface area contributed by atoms with E-state index >= 15 is 0 Å². The molecule has 1 saturated heterocycles. The summed E-state index contributed by atoms with van der Waals surface area (Å²) in [7, 11) is -10.9. The van der Waals surface area contributed by atoms with Crippen LogP contribution in [0.1, 0.15) is 161 Å². The van der Waals surface area contributed by atoms with Crippen LogP contribution < -0.4 is 11.4 Å². The highest BCUT2D eigenvalue weighted by Gasteiger charge is 2.46. The van der Waals surface area contributed by atoms with Gasteiger partial charge >= 0.3 is 33.3 Å². The molecule has 0 saturated carbocycles. The van der Waals surface area contributed by atoms with E-state index in [1.165, 1.54) is 44.6 Å². The van der Waals surface area contributed by atoms with Crippen molar-refractivity contribution in [1.82, 2.24) is 9.55 Å². The molecule has 72 heavy (non-hydrogen) atoms. The van der Waals surface area contributed by atoms with Gasteiger partial charge in [-0.3, -0.25) is 23.2 Å². The molecular formula is C50H83N3O17P2. The van der Waals surface area contributed by atoms with Crippen LogP contribution in [-0.4, -0.2) is 108 Å². The molecule has 0 spiro atoms. The van der Waals surface area contributed by atoms with Gasteiger partial charge in [0.25, 0.3) is 0 Å². The third-order valence-corrected chi connectivity index (χ3v) is 13.9. The fourth-order valence-electron chi connectivity index (χ4n) is 7.23. The van der Waals surface area contributed by atoms with Gasteiger partial charge < -0.3 is 50.2 Å². The van der Waals surface area contributed by atoms with Crippen molar-refractivity contribution in [1.29, 1.82) is 0 Å². The smallest absolute Gasteiger partial charge is 0.462 e. The molecule has 2 unspecified atom stereocenters. The second kappa shape index (κ2) is 38.0. The first-order valence-electron chi connectivity index (χ1n) is 25.5. The van der Waals surface area contributed by atoms with Gasteiger partial charge in [0, 0.05) is 19.0 Å². The van der Waals surface area contributed by atoms with Crippen molar-refractivity contribution in [2.75, 3.05) is 25.6 Å². The van der Waals surface area contributed by atoms with Gasteiger partial charge in [0.15, 0.2) is 12.3 Å².